The average Bonchev–Trinajstić information content (AvgIpc) is 2.94. The molecule has 0 saturated heterocycles. The Morgan fingerprint density at radius 2 is 1.92 bits per heavy atom. The second-order valence-corrected chi connectivity index (χ2v) is 5.78. The quantitative estimate of drug-likeness (QED) is 0.609. The molecule has 3 heterocycles. The molecule has 0 atom stereocenters. The molecule has 4 rings (SSSR count). The molecule has 0 bridgehead atoms. The van der Waals surface area contributed by atoms with E-state index in [1.807, 2.05) is 37.3 Å². The van der Waals surface area contributed by atoms with E-state index < -0.39 is 0 Å². The van der Waals surface area contributed by atoms with Crippen molar-refractivity contribution >= 4 is 22.5 Å². The van der Waals surface area contributed by atoms with Gasteiger partial charge in [-0.25, -0.2) is 14.2 Å². The summed E-state index contributed by atoms with van der Waals surface area (Å²) in [6.45, 7) is 3.27. The fourth-order valence-electron chi connectivity index (χ4n) is 2.98. The van der Waals surface area contributed by atoms with E-state index in [-0.39, 0.29) is 11.5 Å². The molecule has 0 unspecified atom stereocenters. The highest BCUT2D eigenvalue weighted by Crippen LogP contribution is 2.28. The molecule has 0 aliphatic carbocycles. The second-order valence-electron chi connectivity index (χ2n) is 5.78. The lowest BCUT2D eigenvalue weighted by molar-refractivity contribution is -0.115. The lowest BCUT2D eigenvalue weighted by Crippen LogP contribution is -2.31. The monoisotopic (exact) mass is 333 g/mol. The molecule has 3 aromatic heterocycles. The van der Waals surface area contributed by atoms with Crippen LogP contribution >= 0.6 is 0 Å². The summed E-state index contributed by atoms with van der Waals surface area (Å²) >= 11 is 0. The van der Waals surface area contributed by atoms with E-state index in [2.05, 4.69) is 15.5 Å². The van der Waals surface area contributed by atoms with Crippen molar-refractivity contribution in [2.24, 2.45) is 0 Å². The Kier molecular flexibility index (Phi) is 3.35. The van der Waals surface area contributed by atoms with Gasteiger partial charge in [0.1, 0.15) is 0 Å². The smallest absolute Gasteiger partial charge is 0.274 e. The molecule has 0 fully saturated rings. The minimum atomic E-state index is -0.350. The van der Waals surface area contributed by atoms with Gasteiger partial charge in [-0.05, 0) is 18.6 Å². The van der Waals surface area contributed by atoms with Crippen molar-refractivity contribution in [3.63, 3.8) is 0 Å². The van der Waals surface area contributed by atoms with Gasteiger partial charge in [-0.2, -0.15) is 5.10 Å². The number of carbonyl (C=O) groups is 1. The van der Waals surface area contributed by atoms with Crippen LogP contribution in [0, 0.1) is 6.92 Å². The van der Waals surface area contributed by atoms with Gasteiger partial charge in [-0.1, -0.05) is 30.3 Å². The molecule has 4 aromatic rings. The maximum atomic E-state index is 12.5. The SMILES string of the molecule is CC(=O)Nn1ccc2c(cnc3c(-c4ccccc4)c(C)nn32)c1=O. The third-order valence-electron chi connectivity index (χ3n) is 4.03. The van der Waals surface area contributed by atoms with E-state index in [1.165, 1.54) is 19.3 Å². The number of nitrogens with one attached hydrogen (secondary N) is 1. The first kappa shape index (κ1) is 15.1. The lowest BCUT2D eigenvalue weighted by atomic mass is 10.1. The molecule has 7 heteroatoms. The van der Waals surface area contributed by atoms with E-state index in [9.17, 15) is 9.59 Å². The van der Waals surface area contributed by atoms with Crippen molar-refractivity contribution in [3.05, 3.63) is 64.8 Å². The van der Waals surface area contributed by atoms with Gasteiger partial charge in [0.25, 0.3) is 5.56 Å². The molecule has 1 amide bonds. The average molecular weight is 333 g/mol. The van der Waals surface area contributed by atoms with Crippen LogP contribution in [-0.4, -0.2) is 25.2 Å². The Morgan fingerprint density at radius 3 is 2.64 bits per heavy atom. The third kappa shape index (κ3) is 2.37. The molecular formula is C18H15N5O2. The predicted molar refractivity (Wildman–Crippen MR) is 95.0 cm³/mol. The van der Waals surface area contributed by atoms with Gasteiger partial charge in [0.15, 0.2) is 5.65 Å². The van der Waals surface area contributed by atoms with Gasteiger partial charge < -0.3 is 0 Å². The molecule has 0 saturated carbocycles. The molecule has 1 aromatic carbocycles. The number of amides is 1. The van der Waals surface area contributed by atoms with E-state index in [4.69, 9.17) is 0 Å². The van der Waals surface area contributed by atoms with E-state index >= 15 is 0 Å². The Bertz CT molecular complexity index is 1170. The van der Waals surface area contributed by atoms with Crippen molar-refractivity contribution in [3.8, 4) is 11.1 Å². The van der Waals surface area contributed by atoms with Gasteiger partial charge in [0, 0.05) is 24.9 Å². The highest BCUT2D eigenvalue weighted by atomic mass is 16.2. The highest BCUT2D eigenvalue weighted by Gasteiger charge is 2.16. The zero-order valence-corrected chi connectivity index (χ0v) is 13.7. The van der Waals surface area contributed by atoms with Gasteiger partial charge in [-0.15, -0.1) is 0 Å². The Hall–Kier alpha value is -3.48. The van der Waals surface area contributed by atoms with E-state index in [1.54, 1.807) is 10.6 Å². The molecule has 1 N–H and O–H groups in total. The van der Waals surface area contributed by atoms with Crippen LogP contribution in [0.3, 0.4) is 0 Å². The zero-order chi connectivity index (χ0) is 17.6. The van der Waals surface area contributed by atoms with Crippen LogP contribution in [-0.2, 0) is 4.79 Å². The summed E-state index contributed by atoms with van der Waals surface area (Å²) in [5.41, 5.74) is 6.23. The number of hydrogen-bond donors (Lipinski definition) is 1. The summed E-state index contributed by atoms with van der Waals surface area (Å²) in [6.07, 6.45) is 3.05. The number of fused-ring (bicyclic) bond motifs is 3. The molecule has 124 valence electrons. The van der Waals surface area contributed by atoms with Gasteiger partial charge in [-0.3, -0.25) is 15.0 Å². The normalized spacial score (nSPS) is 11.1. The maximum Gasteiger partial charge on any atom is 0.280 e. The van der Waals surface area contributed by atoms with Crippen molar-refractivity contribution < 1.29 is 4.79 Å². The van der Waals surface area contributed by atoms with Crippen LogP contribution in [0.4, 0.5) is 0 Å². The number of aromatic nitrogens is 4. The molecule has 0 aliphatic heterocycles. The van der Waals surface area contributed by atoms with Crippen molar-refractivity contribution in [2.45, 2.75) is 13.8 Å². The van der Waals surface area contributed by atoms with Gasteiger partial charge >= 0.3 is 0 Å². The Labute approximate surface area is 142 Å². The predicted octanol–water partition coefficient (Wildman–Crippen LogP) is 2.11. The van der Waals surface area contributed by atoms with E-state index in [0.29, 0.717) is 16.6 Å². The summed E-state index contributed by atoms with van der Waals surface area (Å²) in [4.78, 5) is 28.2. The molecule has 0 radical (unpaired) electrons. The minimum absolute atomic E-state index is 0.322. The second kappa shape index (κ2) is 5.55. The van der Waals surface area contributed by atoms with Crippen molar-refractivity contribution in [1.82, 2.24) is 19.3 Å². The lowest BCUT2D eigenvalue weighted by Gasteiger charge is -2.07. The summed E-state index contributed by atoms with van der Waals surface area (Å²) in [7, 11) is 0. The number of rotatable bonds is 2. The number of carbonyl (C=O) groups excluding carboxylic acids is 1. The summed E-state index contributed by atoms with van der Waals surface area (Å²) in [6, 6.07) is 11.6. The Balaban J connectivity index is 2.02. The third-order valence-corrected chi connectivity index (χ3v) is 4.03. The molecule has 0 spiro atoms. The van der Waals surface area contributed by atoms with Crippen molar-refractivity contribution in [2.75, 3.05) is 5.43 Å². The topological polar surface area (TPSA) is 81.3 Å². The highest BCUT2D eigenvalue weighted by molar-refractivity contribution is 5.87. The van der Waals surface area contributed by atoms with Crippen LogP contribution < -0.4 is 11.0 Å². The molecular weight excluding hydrogens is 318 g/mol. The fourth-order valence-corrected chi connectivity index (χ4v) is 2.98. The largest absolute Gasteiger partial charge is 0.280 e. The number of benzene rings is 1. The van der Waals surface area contributed by atoms with Crippen LogP contribution in [0.2, 0.25) is 0 Å². The first-order chi connectivity index (χ1) is 12.1. The number of nitrogens with zero attached hydrogens (tertiary/aromatic N) is 4. The van der Waals surface area contributed by atoms with Crippen molar-refractivity contribution in [1.29, 1.82) is 0 Å². The first-order valence-corrected chi connectivity index (χ1v) is 7.79. The van der Waals surface area contributed by atoms with E-state index in [0.717, 1.165) is 21.5 Å². The fraction of sp³-hybridized carbons (Fsp3) is 0.111. The maximum absolute atomic E-state index is 12.5. The van der Waals surface area contributed by atoms with Crippen LogP contribution in [0.1, 0.15) is 12.6 Å². The van der Waals surface area contributed by atoms with Gasteiger partial charge in [0.05, 0.1) is 16.6 Å². The van der Waals surface area contributed by atoms with Crippen LogP contribution in [0.25, 0.3) is 27.7 Å². The summed E-state index contributed by atoms with van der Waals surface area (Å²) in [5, 5.41) is 4.95. The number of hydrogen-bond acceptors (Lipinski definition) is 4. The number of pyridine rings is 1. The zero-order valence-electron chi connectivity index (χ0n) is 13.7. The molecule has 25 heavy (non-hydrogen) atoms. The van der Waals surface area contributed by atoms with Crippen LogP contribution in [0.5, 0.6) is 0 Å². The number of aryl methyl sites for hydroxylation is 1. The summed E-state index contributed by atoms with van der Waals surface area (Å²) < 4.78 is 2.82. The van der Waals surface area contributed by atoms with Gasteiger partial charge in [0.2, 0.25) is 5.91 Å². The first-order valence-electron chi connectivity index (χ1n) is 7.79. The molecule has 7 nitrogen and oxygen atoms in total. The van der Waals surface area contributed by atoms with Crippen LogP contribution in [0.15, 0.2) is 53.6 Å². The minimum Gasteiger partial charge on any atom is -0.274 e. The standard InChI is InChI=1S/C18H15N5O2/c1-11-16(13-6-4-3-5-7-13)17-19-10-14-15(23(17)20-11)8-9-22(18(14)25)21-12(2)24/h3-10H,1-2H3,(H,21,24). The summed E-state index contributed by atoms with van der Waals surface area (Å²) in [5.74, 6) is -0.322. The molecule has 0 aliphatic rings. The Morgan fingerprint density at radius 1 is 1.16 bits per heavy atom.